The maximum atomic E-state index is 11.4. The van der Waals surface area contributed by atoms with Gasteiger partial charge in [0.25, 0.3) is 5.69 Å². The van der Waals surface area contributed by atoms with Crippen molar-refractivity contribution in [3.05, 3.63) is 63.1 Å². The number of hydrogen-bond donors (Lipinski definition) is 1. The molecule has 3 rings (SSSR count). The van der Waals surface area contributed by atoms with Crippen LogP contribution in [0.2, 0.25) is 0 Å². The van der Waals surface area contributed by atoms with Crippen LogP contribution in [0.25, 0.3) is 11.1 Å². The molecule has 21 heavy (non-hydrogen) atoms. The molecule has 1 N–H and O–H groups in total. The zero-order chi connectivity index (χ0) is 15.0. The van der Waals surface area contributed by atoms with Crippen molar-refractivity contribution in [3.8, 4) is 0 Å². The van der Waals surface area contributed by atoms with Crippen LogP contribution in [0.5, 0.6) is 0 Å². The van der Waals surface area contributed by atoms with Gasteiger partial charge in [0.05, 0.1) is 10.4 Å². The summed E-state index contributed by atoms with van der Waals surface area (Å²) in [6.45, 7) is 0. The first kappa shape index (κ1) is 12.9. The second kappa shape index (κ2) is 4.78. The number of nitro groups is 1. The average molecular weight is 285 g/mol. The highest BCUT2D eigenvalue weighted by molar-refractivity contribution is 5.79. The third-order valence-corrected chi connectivity index (χ3v) is 3.16. The number of aryl methyl sites for hydroxylation is 1. The largest absolute Gasteiger partial charge is 0.419 e. The number of oxazole rings is 1. The van der Waals surface area contributed by atoms with E-state index in [9.17, 15) is 14.9 Å². The molecular formula is C14H11N3O4. The summed E-state index contributed by atoms with van der Waals surface area (Å²) in [7, 11) is 1.64. The zero-order valence-corrected chi connectivity index (χ0v) is 11.1. The molecule has 0 atom stereocenters. The van der Waals surface area contributed by atoms with Crippen LogP contribution < -0.4 is 11.1 Å². The number of non-ortho nitro benzene ring substituents is 1. The molecule has 2 aromatic carbocycles. The number of nitro benzene ring substituents is 1. The summed E-state index contributed by atoms with van der Waals surface area (Å²) in [6.07, 6.45) is 0. The Kier molecular flexibility index (Phi) is 2.94. The molecule has 1 aromatic heterocycles. The van der Waals surface area contributed by atoms with Crippen LogP contribution in [0.3, 0.4) is 0 Å². The van der Waals surface area contributed by atoms with Crippen molar-refractivity contribution >= 4 is 28.2 Å². The molecule has 0 aliphatic carbocycles. The number of benzene rings is 2. The van der Waals surface area contributed by atoms with Crippen LogP contribution in [-0.4, -0.2) is 9.49 Å². The molecule has 0 radical (unpaired) electrons. The van der Waals surface area contributed by atoms with Crippen LogP contribution in [-0.2, 0) is 7.05 Å². The van der Waals surface area contributed by atoms with Crippen LogP contribution in [0.4, 0.5) is 17.1 Å². The molecule has 1 heterocycles. The minimum absolute atomic E-state index is 0.0325. The van der Waals surface area contributed by atoms with E-state index in [-0.39, 0.29) is 5.69 Å². The highest BCUT2D eigenvalue weighted by Crippen LogP contribution is 2.23. The van der Waals surface area contributed by atoms with Gasteiger partial charge in [-0.2, -0.15) is 0 Å². The van der Waals surface area contributed by atoms with Gasteiger partial charge in [0.2, 0.25) is 0 Å². The molecule has 106 valence electrons. The average Bonchev–Trinajstić information content (AvgIpc) is 2.74. The topological polar surface area (TPSA) is 90.3 Å². The SMILES string of the molecule is Cn1c(=O)oc2cc(Nc3ccc([N+](=O)[O-])cc3)ccc21. The number of nitrogens with zero attached hydrogens (tertiary/aromatic N) is 2. The van der Waals surface area contributed by atoms with Gasteiger partial charge in [-0.3, -0.25) is 14.7 Å². The molecule has 3 aromatic rings. The van der Waals surface area contributed by atoms with Crippen molar-refractivity contribution < 1.29 is 9.34 Å². The van der Waals surface area contributed by atoms with Gasteiger partial charge in [-0.25, -0.2) is 4.79 Å². The van der Waals surface area contributed by atoms with Gasteiger partial charge in [0.15, 0.2) is 5.58 Å². The normalized spacial score (nSPS) is 10.7. The molecular weight excluding hydrogens is 274 g/mol. The van der Waals surface area contributed by atoms with E-state index in [0.717, 1.165) is 5.69 Å². The minimum atomic E-state index is -0.450. The highest BCUT2D eigenvalue weighted by atomic mass is 16.6. The fourth-order valence-corrected chi connectivity index (χ4v) is 2.04. The third-order valence-electron chi connectivity index (χ3n) is 3.16. The van der Waals surface area contributed by atoms with Gasteiger partial charge in [-0.1, -0.05) is 0 Å². The fraction of sp³-hybridized carbons (Fsp3) is 0.0714. The van der Waals surface area contributed by atoms with Gasteiger partial charge in [0.1, 0.15) is 0 Å². The second-order valence-electron chi connectivity index (χ2n) is 4.54. The maximum absolute atomic E-state index is 11.4. The molecule has 0 aliphatic heterocycles. The summed E-state index contributed by atoms with van der Waals surface area (Å²) in [6, 6.07) is 11.4. The van der Waals surface area contributed by atoms with Crippen molar-refractivity contribution in [2.75, 3.05) is 5.32 Å². The van der Waals surface area contributed by atoms with Crippen molar-refractivity contribution in [1.82, 2.24) is 4.57 Å². The maximum Gasteiger partial charge on any atom is 0.419 e. The van der Waals surface area contributed by atoms with E-state index >= 15 is 0 Å². The summed E-state index contributed by atoms with van der Waals surface area (Å²) in [4.78, 5) is 21.6. The van der Waals surface area contributed by atoms with Crippen LogP contribution >= 0.6 is 0 Å². The second-order valence-corrected chi connectivity index (χ2v) is 4.54. The van der Waals surface area contributed by atoms with Gasteiger partial charge >= 0.3 is 5.76 Å². The first-order valence-electron chi connectivity index (χ1n) is 6.15. The van der Waals surface area contributed by atoms with Crippen molar-refractivity contribution in [3.63, 3.8) is 0 Å². The first-order chi connectivity index (χ1) is 10.0. The summed E-state index contributed by atoms with van der Waals surface area (Å²) in [5.41, 5.74) is 2.65. The standard InChI is InChI=1S/C14H11N3O4/c1-16-12-7-4-10(8-13(12)21-14(16)18)15-9-2-5-11(6-3-9)17(19)20/h2-8,15H,1H3. The predicted octanol–water partition coefficient (Wildman–Crippen LogP) is 2.78. The summed E-state index contributed by atoms with van der Waals surface area (Å²) in [5.74, 6) is -0.419. The van der Waals surface area contributed by atoms with E-state index in [1.165, 1.54) is 16.7 Å². The quantitative estimate of drug-likeness (QED) is 0.590. The molecule has 0 bridgehead atoms. The van der Waals surface area contributed by atoms with E-state index in [0.29, 0.717) is 16.8 Å². The molecule has 0 saturated carbocycles. The molecule has 7 nitrogen and oxygen atoms in total. The molecule has 0 fully saturated rings. The lowest BCUT2D eigenvalue weighted by Gasteiger charge is -2.05. The van der Waals surface area contributed by atoms with Gasteiger partial charge in [0, 0.05) is 36.6 Å². The number of hydrogen-bond acceptors (Lipinski definition) is 5. The first-order valence-corrected chi connectivity index (χ1v) is 6.15. The molecule has 7 heteroatoms. The summed E-state index contributed by atoms with van der Waals surface area (Å²) in [5, 5.41) is 13.7. The predicted molar refractivity (Wildman–Crippen MR) is 77.8 cm³/mol. The Labute approximate surface area is 118 Å². The third kappa shape index (κ3) is 2.36. The van der Waals surface area contributed by atoms with Crippen LogP contribution in [0.1, 0.15) is 0 Å². The molecule has 0 amide bonds. The van der Waals surface area contributed by atoms with Gasteiger partial charge < -0.3 is 9.73 Å². The Bertz CT molecular complexity index is 877. The number of aromatic nitrogens is 1. The molecule has 0 aliphatic rings. The van der Waals surface area contributed by atoms with E-state index < -0.39 is 10.7 Å². The number of anilines is 2. The van der Waals surface area contributed by atoms with Gasteiger partial charge in [-0.15, -0.1) is 0 Å². The van der Waals surface area contributed by atoms with Crippen molar-refractivity contribution in [2.24, 2.45) is 7.05 Å². The number of rotatable bonds is 3. The lowest BCUT2D eigenvalue weighted by molar-refractivity contribution is -0.384. The van der Waals surface area contributed by atoms with Crippen LogP contribution in [0.15, 0.2) is 51.7 Å². The molecule has 0 unspecified atom stereocenters. The summed E-state index contributed by atoms with van der Waals surface area (Å²) < 4.78 is 6.53. The van der Waals surface area contributed by atoms with E-state index in [1.807, 2.05) is 0 Å². The highest BCUT2D eigenvalue weighted by Gasteiger charge is 2.07. The number of nitrogens with one attached hydrogen (secondary N) is 1. The fourth-order valence-electron chi connectivity index (χ4n) is 2.04. The smallest absolute Gasteiger partial charge is 0.408 e. The summed E-state index contributed by atoms with van der Waals surface area (Å²) >= 11 is 0. The lowest BCUT2D eigenvalue weighted by atomic mass is 10.2. The Morgan fingerprint density at radius 2 is 1.81 bits per heavy atom. The zero-order valence-electron chi connectivity index (χ0n) is 11.1. The lowest BCUT2D eigenvalue weighted by Crippen LogP contribution is -2.08. The van der Waals surface area contributed by atoms with Crippen molar-refractivity contribution in [2.45, 2.75) is 0 Å². The Hall–Kier alpha value is -3.09. The van der Waals surface area contributed by atoms with Crippen molar-refractivity contribution in [1.29, 1.82) is 0 Å². The van der Waals surface area contributed by atoms with Gasteiger partial charge in [-0.05, 0) is 24.3 Å². The molecule has 0 saturated heterocycles. The minimum Gasteiger partial charge on any atom is -0.408 e. The molecule has 0 spiro atoms. The number of fused-ring (bicyclic) bond motifs is 1. The van der Waals surface area contributed by atoms with E-state index in [1.54, 1.807) is 37.4 Å². The Balaban J connectivity index is 1.90. The van der Waals surface area contributed by atoms with E-state index in [2.05, 4.69) is 5.32 Å². The Morgan fingerprint density at radius 3 is 2.48 bits per heavy atom. The van der Waals surface area contributed by atoms with Crippen LogP contribution in [0, 0.1) is 10.1 Å². The Morgan fingerprint density at radius 1 is 1.14 bits per heavy atom. The van der Waals surface area contributed by atoms with E-state index in [4.69, 9.17) is 4.42 Å². The monoisotopic (exact) mass is 285 g/mol.